The average Bonchev–Trinajstić information content (AvgIpc) is 3.12. The van der Waals surface area contributed by atoms with Crippen molar-refractivity contribution in [1.82, 2.24) is 10.3 Å². The number of aromatic nitrogens is 1. The van der Waals surface area contributed by atoms with Crippen LogP contribution in [0.15, 0.2) is 53.3 Å². The minimum Gasteiger partial charge on any atom is -0.404 e. The number of anilines is 1. The molecule has 0 fully saturated rings. The molecule has 0 saturated carbocycles. The lowest BCUT2D eigenvalue weighted by Gasteiger charge is -2.14. The van der Waals surface area contributed by atoms with Gasteiger partial charge in [0.2, 0.25) is 0 Å². The number of allylic oxidation sites excluding steroid dienone is 2. The molecular formula is C20H19F3N6O. The van der Waals surface area contributed by atoms with Gasteiger partial charge in [-0.1, -0.05) is 6.07 Å². The molecule has 156 valence electrons. The number of alkyl halides is 3. The fraction of sp³-hybridized carbons (Fsp3) is 0.200. The molecule has 1 aliphatic rings. The van der Waals surface area contributed by atoms with Crippen LogP contribution < -0.4 is 16.4 Å². The van der Waals surface area contributed by atoms with Gasteiger partial charge >= 0.3 is 6.18 Å². The second kappa shape index (κ2) is 8.87. The summed E-state index contributed by atoms with van der Waals surface area (Å²) in [4.78, 5) is 19.3. The molecule has 7 nitrogen and oxygen atoms in total. The van der Waals surface area contributed by atoms with Crippen molar-refractivity contribution < 1.29 is 18.0 Å². The molecule has 0 radical (unpaired) electrons. The standard InChI is InChI=1S/C20H19F3N6O/c21-20(22,23)18(25)15(10-24)12-1-2-16-14(9-12)17(4-6-27-16)28-8-7-26-11-13-3-5-29-19(13)30/h1-6,9-10,25-26H,7-8,11,24H2,(H,27,28)/b15-10-,25-18?. The Bertz CT molecular complexity index is 1070. The van der Waals surface area contributed by atoms with E-state index in [1.54, 1.807) is 24.4 Å². The van der Waals surface area contributed by atoms with Crippen LogP contribution in [-0.2, 0) is 4.79 Å². The van der Waals surface area contributed by atoms with Crippen LogP contribution in [0.4, 0.5) is 18.9 Å². The van der Waals surface area contributed by atoms with E-state index in [9.17, 15) is 18.0 Å². The molecule has 1 aromatic heterocycles. The first kappa shape index (κ1) is 21.2. The highest BCUT2D eigenvalue weighted by Gasteiger charge is 2.37. The number of amides is 1. The van der Waals surface area contributed by atoms with Crippen LogP contribution in [0, 0.1) is 5.41 Å². The fourth-order valence-corrected chi connectivity index (χ4v) is 2.94. The zero-order chi connectivity index (χ0) is 21.7. The van der Waals surface area contributed by atoms with Gasteiger partial charge in [0.25, 0.3) is 5.91 Å². The Morgan fingerprint density at radius 3 is 2.70 bits per heavy atom. The molecule has 3 rings (SSSR count). The monoisotopic (exact) mass is 416 g/mol. The number of hydrogen-bond acceptors (Lipinski definition) is 6. The van der Waals surface area contributed by atoms with Gasteiger partial charge in [-0.3, -0.25) is 15.2 Å². The molecule has 2 aromatic rings. The van der Waals surface area contributed by atoms with Gasteiger partial charge < -0.3 is 16.4 Å². The number of aliphatic imine (C=N–C) groups is 1. The maximum absolute atomic E-state index is 13.0. The minimum atomic E-state index is -4.80. The Hall–Kier alpha value is -3.53. The first-order chi connectivity index (χ1) is 14.3. The molecular weight excluding hydrogens is 397 g/mol. The summed E-state index contributed by atoms with van der Waals surface area (Å²) in [5, 5.41) is 14.3. The fourth-order valence-electron chi connectivity index (χ4n) is 2.94. The van der Waals surface area contributed by atoms with Gasteiger partial charge in [0.15, 0.2) is 0 Å². The molecule has 30 heavy (non-hydrogen) atoms. The first-order valence-electron chi connectivity index (χ1n) is 9.00. The number of rotatable bonds is 8. The molecule has 5 N–H and O–H groups in total. The summed E-state index contributed by atoms with van der Waals surface area (Å²) in [7, 11) is 0. The SMILES string of the molecule is N=C(/C(=C\N)c1ccc2nccc(NCCNCC3=CC=NC3=O)c2c1)C(F)(F)F. The highest BCUT2D eigenvalue weighted by atomic mass is 19.4. The Kier molecular flexibility index (Phi) is 6.26. The third-order valence-corrected chi connectivity index (χ3v) is 4.45. The summed E-state index contributed by atoms with van der Waals surface area (Å²) in [5.74, 6) is -0.253. The normalized spacial score (nSPS) is 14.3. The van der Waals surface area contributed by atoms with Crippen LogP contribution in [-0.4, -0.2) is 48.6 Å². The zero-order valence-corrected chi connectivity index (χ0v) is 15.8. The van der Waals surface area contributed by atoms with Gasteiger partial charge in [0.05, 0.1) is 5.52 Å². The van der Waals surface area contributed by atoms with Crippen molar-refractivity contribution in [2.45, 2.75) is 6.18 Å². The predicted molar refractivity (Wildman–Crippen MR) is 111 cm³/mol. The number of pyridine rings is 1. The van der Waals surface area contributed by atoms with Crippen LogP contribution in [0.25, 0.3) is 16.5 Å². The molecule has 1 amide bonds. The number of halogens is 3. The summed E-state index contributed by atoms with van der Waals surface area (Å²) in [6.07, 6.45) is 0.688. The van der Waals surface area contributed by atoms with Gasteiger partial charge in [-0.05, 0) is 29.8 Å². The summed E-state index contributed by atoms with van der Waals surface area (Å²) in [6.45, 7) is 1.44. The van der Waals surface area contributed by atoms with Crippen molar-refractivity contribution in [3.05, 3.63) is 53.9 Å². The summed E-state index contributed by atoms with van der Waals surface area (Å²) < 4.78 is 38.9. The maximum atomic E-state index is 13.0. The highest BCUT2D eigenvalue weighted by Crippen LogP contribution is 2.30. The molecule has 1 aromatic carbocycles. The maximum Gasteiger partial charge on any atom is 0.433 e. The Balaban J connectivity index is 1.71. The van der Waals surface area contributed by atoms with Crippen LogP contribution >= 0.6 is 0 Å². The zero-order valence-electron chi connectivity index (χ0n) is 15.8. The highest BCUT2D eigenvalue weighted by molar-refractivity contribution is 6.25. The molecule has 0 spiro atoms. The van der Waals surface area contributed by atoms with Crippen molar-refractivity contribution in [3.63, 3.8) is 0 Å². The quantitative estimate of drug-likeness (QED) is 0.390. The molecule has 0 aliphatic carbocycles. The van der Waals surface area contributed by atoms with Crippen LogP contribution in [0.5, 0.6) is 0 Å². The van der Waals surface area contributed by atoms with Crippen molar-refractivity contribution in [2.24, 2.45) is 10.7 Å². The van der Waals surface area contributed by atoms with Gasteiger partial charge in [-0.25, -0.2) is 4.99 Å². The molecule has 0 saturated heterocycles. The van der Waals surface area contributed by atoms with Crippen LogP contribution in [0.3, 0.4) is 0 Å². The number of nitrogens with one attached hydrogen (secondary N) is 3. The molecule has 0 unspecified atom stereocenters. The largest absolute Gasteiger partial charge is 0.433 e. The summed E-state index contributed by atoms with van der Waals surface area (Å²) in [5.41, 5.74) is 5.49. The Morgan fingerprint density at radius 1 is 1.23 bits per heavy atom. The molecule has 1 aliphatic heterocycles. The van der Waals surface area contributed by atoms with E-state index in [1.165, 1.54) is 18.3 Å². The molecule has 10 heteroatoms. The van der Waals surface area contributed by atoms with E-state index in [0.717, 1.165) is 6.20 Å². The van der Waals surface area contributed by atoms with Crippen molar-refractivity contribution in [1.29, 1.82) is 5.41 Å². The van der Waals surface area contributed by atoms with E-state index in [4.69, 9.17) is 11.1 Å². The molecule has 0 atom stereocenters. The third-order valence-electron chi connectivity index (χ3n) is 4.45. The van der Waals surface area contributed by atoms with Gasteiger partial charge in [0, 0.05) is 60.5 Å². The van der Waals surface area contributed by atoms with E-state index in [2.05, 4.69) is 20.6 Å². The van der Waals surface area contributed by atoms with Crippen molar-refractivity contribution >= 4 is 40.0 Å². The van der Waals surface area contributed by atoms with Gasteiger partial charge in [-0.2, -0.15) is 13.2 Å². The van der Waals surface area contributed by atoms with Crippen molar-refractivity contribution in [3.8, 4) is 0 Å². The lowest BCUT2D eigenvalue weighted by atomic mass is 9.99. The number of nitrogens with two attached hydrogens (primary N) is 1. The predicted octanol–water partition coefficient (Wildman–Crippen LogP) is 2.66. The number of nitrogens with zero attached hydrogens (tertiary/aromatic N) is 2. The van der Waals surface area contributed by atoms with E-state index in [-0.39, 0.29) is 11.5 Å². The van der Waals surface area contributed by atoms with E-state index >= 15 is 0 Å². The van der Waals surface area contributed by atoms with Crippen molar-refractivity contribution in [2.75, 3.05) is 25.0 Å². The number of hydrogen-bond donors (Lipinski definition) is 4. The topological polar surface area (TPSA) is 116 Å². The Labute approximate surface area is 170 Å². The number of carbonyl (C=O) groups excluding carboxylic acids is 1. The number of benzene rings is 1. The minimum absolute atomic E-state index is 0.174. The lowest BCUT2D eigenvalue weighted by molar-refractivity contribution is -0.114. The Morgan fingerprint density at radius 2 is 2.03 bits per heavy atom. The van der Waals surface area contributed by atoms with Gasteiger partial charge in [0.1, 0.15) is 5.71 Å². The van der Waals surface area contributed by atoms with Gasteiger partial charge in [-0.15, -0.1) is 0 Å². The smallest absolute Gasteiger partial charge is 0.404 e. The number of carbonyl (C=O) groups is 1. The average molecular weight is 416 g/mol. The van der Waals surface area contributed by atoms with Crippen LogP contribution in [0.1, 0.15) is 5.56 Å². The summed E-state index contributed by atoms with van der Waals surface area (Å²) >= 11 is 0. The second-order valence-electron chi connectivity index (χ2n) is 6.42. The van der Waals surface area contributed by atoms with E-state index < -0.39 is 17.5 Å². The third kappa shape index (κ3) is 4.71. The first-order valence-corrected chi connectivity index (χ1v) is 9.00. The van der Waals surface area contributed by atoms with E-state index in [0.29, 0.717) is 41.8 Å². The number of fused-ring (bicyclic) bond motifs is 1. The lowest BCUT2D eigenvalue weighted by Crippen LogP contribution is -2.25. The molecule has 2 heterocycles. The van der Waals surface area contributed by atoms with Crippen LogP contribution in [0.2, 0.25) is 0 Å². The molecule has 0 bridgehead atoms. The summed E-state index contributed by atoms with van der Waals surface area (Å²) in [6, 6.07) is 6.27. The second-order valence-corrected chi connectivity index (χ2v) is 6.42. The van der Waals surface area contributed by atoms with E-state index in [1.807, 2.05) is 0 Å².